The van der Waals surface area contributed by atoms with Gasteiger partial charge in [-0.2, -0.15) is 11.8 Å². The minimum Gasteiger partial charge on any atom is -0.343 e. The van der Waals surface area contributed by atoms with Gasteiger partial charge in [0.15, 0.2) is 0 Å². The zero-order valence-electron chi connectivity index (χ0n) is 14.0. The fraction of sp³-hybridized carbons (Fsp3) is 0.688. The van der Waals surface area contributed by atoms with Crippen molar-refractivity contribution < 1.29 is 9.18 Å². The van der Waals surface area contributed by atoms with E-state index in [0.29, 0.717) is 26.1 Å². The van der Waals surface area contributed by atoms with E-state index in [1.165, 1.54) is 6.33 Å². The van der Waals surface area contributed by atoms with Crippen LogP contribution in [0.4, 0.5) is 4.39 Å². The molecular weight excluding hydrogens is 315 g/mol. The van der Waals surface area contributed by atoms with Crippen molar-refractivity contribution in [2.75, 3.05) is 26.4 Å². The van der Waals surface area contributed by atoms with Crippen molar-refractivity contribution in [1.29, 1.82) is 0 Å². The van der Waals surface area contributed by atoms with Gasteiger partial charge in [0.25, 0.3) is 0 Å². The summed E-state index contributed by atoms with van der Waals surface area (Å²) in [5.74, 6) is 0.130. The fourth-order valence-corrected chi connectivity index (χ4v) is 3.76. The molecule has 7 heteroatoms. The maximum Gasteiger partial charge on any atom is 0.235 e. The van der Waals surface area contributed by atoms with E-state index in [4.69, 9.17) is 0 Å². The molecule has 0 aromatic carbocycles. The third kappa shape index (κ3) is 4.88. The van der Waals surface area contributed by atoms with Gasteiger partial charge >= 0.3 is 0 Å². The smallest absolute Gasteiger partial charge is 0.235 e. The van der Waals surface area contributed by atoms with Crippen molar-refractivity contribution in [1.82, 2.24) is 19.8 Å². The molecule has 3 atom stereocenters. The van der Waals surface area contributed by atoms with Gasteiger partial charge in [-0.05, 0) is 19.1 Å². The van der Waals surface area contributed by atoms with Crippen LogP contribution >= 0.6 is 11.8 Å². The molecule has 1 aromatic heterocycles. The molecule has 0 unspecified atom stereocenters. The molecule has 5 nitrogen and oxygen atoms in total. The third-order valence-electron chi connectivity index (χ3n) is 4.27. The number of alkyl halides is 1. The first-order valence-corrected chi connectivity index (χ1v) is 9.23. The number of carbonyl (C=O) groups is 1. The number of thioether (sulfide) groups is 1. The summed E-state index contributed by atoms with van der Waals surface area (Å²) < 4.78 is 13.9. The molecule has 1 amide bonds. The van der Waals surface area contributed by atoms with Crippen molar-refractivity contribution >= 4 is 17.7 Å². The number of rotatable bonds is 7. The monoisotopic (exact) mass is 340 g/mol. The number of carbonyl (C=O) groups excluding carboxylic acids is 1. The number of hydrogen-bond donors (Lipinski definition) is 0. The van der Waals surface area contributed by atoms with Crippen molar-refractivity contribution in [3.05, 3.63) is 24.3 Å². The lowest BCUT2D eigenvalue weighted by atomic mass is 10.1. The second-order valence-corrected chi connectivity index (χ2v) is 7.05. The molecule has 1 aliphatic heterocycles. The van der Waals surface area contributed by atoms with Crippen LogP contribution in [-0.2, 0) is 11.3 Å². The van der Waals surface area contributed by atoms with E-state index in [-0.39, 0.29) is 17.2 Å². The van der Waals surface area contributed by atoms with E-state index in [2.05, 4.69) is 14.9 Å². The summed E-state index contributed by atoms with van der Waals surface area (Å²) in [7, 11) is 1.82. The molecule has 1 fully saturated rings. The van der Waals surface area contributed by atoms with Gasteiger partial charge in [-0.1, -0.05) is 6.92 Å². The van der Waals surface area contributed by atoms with E-state index in [0.717, 1.165) is 12.0 Å². The van der Waals surface area contributed by atoms with E-state index < -0.39 is 6.17 Å². The number of halogens is 1. The molecule has 128 valence electrons. The Morgan fingerprint density at radius 1 is 1.52 bits per heavy atom. The second kappa shape index (κ2) is 8.59. The Bertz CT molecular complexity index is 500. The van der Waals surface area contributed by atoms with Crippen LogP contribution in [0, 0.1) is 0 Å². The predicted molar refractivity (Wildman–Crippen MR) is 91.0 cm³/mol. The number of nitrogens with zero attached hydrogens (tertiary/aromatic N) is 4. The van der Waals surface area contributed by atoms with Crippen LogP contribution < -0.4 is 0 Å². The van der Waals surface area contributed by atoms with Gasteiger partial charge in [-0.3, -0.25) is 9.69 Å². The van der Waals surface area contributed by atoms with E-state index in [1.807, 2.05) is 20.2 Å². The molecule has 1 aromatic rings. The molecule has 0 saturated carbocycles. The number of aromatic nitrogens is 2. The summed E-state index contributed by atoms with van der Waals surface area (Å²) in [6, 6.07) is 0.0403. The number of likely N-dealkylation sites (N-methyl/N-ethyl adjacent to an activating group) is 1. The summed E-state index contributed by atoms with van der Waals surface area (Å²) in [5.41, 5.74) is 0.969. The molecule has 1 aliphatic rings. The van der Waals surface area contributed by atoms with Crippen LogP contribution in [0.1, 0.15) is 25.3 Å². The topological polar surface area (TPSA) is 49.3 Å². The molecule has 0 spiro atoms. The highest BCUT2D eigenvalue weighted by atomic mass is 32.2. The van der Waals surface area contributed by atoms with Crippen LogP contribution in [0.5, 0.6) is 0 Å². The first-order valence-electron chi connectivity index (χ1n) is 7.94. The van der Waals surface area contributed by atoms with E-state index >= 15 is 0 Å². The molecule has 2 heterocycles. The Balaban J connectivity index is 1.97. The number of hydrogen-bond acceptors (Lipinski definition) is 5. The van der Waals surface area contributed by atoms with Gasteiger partial charge in [0, 0.05) is 50.7 Å². The molecule has 2 rings (SSSR count). The van der Waals surface area contributed by atoms with Crippen LogP contribution in [0.25, 0.3) is 0 Å². The van der Waals surface area contributed by atoms with E-state index in [1.54, 1.807) is 29.1 Å². The molecule has 0 N–H and O–H groups in total. The normalized spacial score (nSPS) is 23.0. The van der Waals surface area contributed by atoms with Crippen LogP contribution in [-0.4, -0.2) is 69.5 Å². The Labute approximate surface area is 141 Å². The molecule has 0 aliphatic carbocycles. The highest BCUT2D eigenvalue weighted by Gasteiger charge is 2.34. The molecular formula is C16H25FN4OS. The molecule has 23 heavy (non-hydrogen) atoms. The summed E-state index contributed by atoms with van der Waals surface area (Å²) in [6.45, 7) is 3.60. The lowest BCUT2D eigenvalue weighted by molar-refractivity contribution is -0.130. The van der Waals surface area contributed by atoms with Gasteiger partial charge < -0.3 is 4.90 Å². The lowest BCUT2D eigenvalue weighted by Gasteiger charge is -2.29. The highest BCUT2D eigenvalue weighted by Crippen LogP contribution is 2.24. The zero-order chi connectivity index (χ0) is 16.8. The summed E-state index contributed by atoms with van der Waals surface area (Å²) in [6.07, 6.45) is 7.40. The molecule has 0 radical (unpaired) electrons. The maximum absolute atomic E-state index is 13.9. The maximum atomic E-state index is 13.9. The Morgan fingerprint density at radius 2 is 2.22 bits per heavy atom. The fourth-order valence-electron chi connectivity index (χ4n) is 3.05. The van der Waals surface area contributed by atoms with Crippen LogP contribution in [0.2, 0.25) is 0 Å². The van der Waals surface area contributed by atoms with Crippen molar-refractivity contribution in [3.63, 3.8) is 0 Å². The average molecular weight is 340 g/mol. The van der Waals surface area contributed by atoms with Crippen LogP contribution in [0.15, 0.2) is 18.7 Å². The van der Waals surface area contributed by atoms with Gasteiger partial charge in [0.1, 0.15) is 12.5 Å². The quantitative estimate of drug-likeness (QED) is 0.760. The van der Waals surface area contributed by atoms with Gasteiger partial charge in [0.05, 0.1) is 5.25 Å². The van der Waals surface area contributed by atoms with Crippen molar-refractivity contribution in [3.8, 4) is 0 Å². The third-order valence-corrected chi connectivity index (χ3v) is 5.37. The lowest BCUT2D eigenvalue weighted by Crippen LogP contribution is -2.43. The second-order valence-electron chi connectivity index (χ2n) is 6.01. The summed E-state index contributed by atoms with van der Waals surface area (Å²) >= 11 is 1.57. The average Bonchev–Trinajstić information content (AvgIpc) is 2.88. The first kappa shape index (κ1) is 18.1. The van der Waals surface area contributed by atoms with Gasteiger partial charge in [0.2, 0.25) is 5.91 Å². The number of likely N-dealkylation sites (tertiary alicyclic amines) is 1. The SMILES string of the molecule is CC[C@H](SC)C(=O)N(C)C[C@@H]1C[C@H](F)CN1Cc1cncnc1. The molecule has 0 bridgehead atoms. The predicted octanol–water partition coefficient (Wildman–Crippen LogP) is 1.99. The van der Waals surface area contributed by atoms with E-state index in [9.17, 15) is 9.18 Å². The Hall–Kier alpha value is -1.21. The first-order chi connectivity index (χ1) is 11.0. The molecule has 1 saturated heterocycles. The van der Waals surface area contributed by atoms with Crippen molar-refractivity contribution in [2.45, 2.75) is 43.8 Å². The van der Waals surface area contributed by atoms with Crippen molar-refractivity contribution in [2.24, 2.45) is 0 Å². The summed E-state index contributed by atoms with van der Waals surface area (Å²) in [4.78, 5) is 24.3. The van der Waals surface area contributed by atoms with Gasteiger partial charge in [-0.25, -0.2) is 14.4 Å². The zero-order valence-corrected chi connectivity index (χ0v) is 14.8. The Morgan fingerprint density at radius 3 is 2.83 bits per heavy atom. The van der Waals surface area contributed by atoms with Crippen LogP contribution in [0.3, 0.4) is 0 Å². The largest absolute Gasteiger partial charge is 0.343 e. The number of amides is 1. The summed E-state index contributed by atoms with van der Waals surface area (Å²) in [5, 5.41) is -0.0152. The Kier molecular flexibility index (Phi) is 6.77. The highest BCUT2D eigenvalue weighted by molar-refractivity contribution is 7.99. The van der Waals surface area contributed by atoms with Gasteiger partial charge in [-0.15, -0.1) is 0 Å². The minimum absolute atomic E-state index is 0.0152. The minimum atomic E-state index is -0.837. The standard InChI is InChI=1S/C16H25FN4OS/c1-4-15(23-3)16(22)20(2)10-14-5-13(17)9-21(14)8-12-6-18-11-19-7-12/h6-7,11,13-15H,4-5,8-10H2,1-3H3/t13-,14-,15-/m0/s1.